The molecule has 0 bridgehead atoms. The Bertz CT molecular complexity index is 502. The maximum Gasteiger partial charge on any atom is 0.189 e. The quantitative estimate of drug-likeness (QED) is 0.476. The summed E-state index contributed by atoms with van der Waals surface area (Å²) in [5.74, 6) is 0. The zero-order chi connectivity index (χ0) is 11.5. The van der Waals surface area contributed by atoms with Crippen molar-refractivity contribution in [3.63, 3.8) is 0 Å². The fourth-order valence-electron chi connectivity index (χ4n) is 1.15. The van der Waals surface area contributed by atoms with Gasteiger partial charge in [-0.05, 0) is 18.4 Å². The summed E-state index contributed by atoms with van der Waals surface area (Å²) < 4.78 is 0. The number of aromatic nitrogens is 3. The SMILES string of the molecule is CSc1nc(Cl)cc(-c2ccc(Cl)cn2)n1. The molecule has 0 saturated heterocycles. The molecule has 2 heterocycles. The van der Waals surface area contributed by atoms with E-state index in [9.17, 15) is 0 Å². The summed E-state index contributed by atoms with van der Waals surface area (Å²) in [4.78, 5) is 12.5. The van der Waals surface area contributed by atoms with E-state index < -0.39 is 0 Å². The molecule has 0 atom stereocenters. The minimum absolute atomic E-state index is 0.408. The van der Waals surface area contributed by atoms with Gasteiger partial charge in [0, 0.05) is 12.3 Å². The van der Waals surface area contributed by atoms with Crippen LogP contribution in [0.25, 0.3) is 11.4 Å². The van der Waals surface area contributed by atoms with E-state index in [0.29, 0.717) is 21.0 Å². The van der Waals surface area contributed by atoms with Crippen molar-refractivity contribution in [2.75, 3.05) is 6.26 Å². The highest BCUT2D eigenvalue weighted by molar-refractivity contribution is 7.98. The molecule has 2 aromatic rings. The lowest BCUT2D eigenvalue weighted by Gasteiger charge is -2.02. The van der Waals surface area contributed by atoms with Crippen LogP contribution in [-0.4, -0.2) is 21.2 Å². The lowest BCUT2D eigenvalue weighted by Crippen LogP contribution is -1.92. The van der Waals surface area contributed by atoms with Crippen molar-refractivity contribution < 1.29 is 0 Å². The first kappa shape index (κ1) is 11.6. The maximum atomic E-state index is 5.89. The lowest BCUT2D eigenvalue weighted by atomic mass is 10.3. The summed E-state index contributed by atoms with van der Waals surface area (Å²) >= 11 is 13.1. The summed E-state index contributed by atoms with van der Waals surface area (Å²) in [6, 6.07) is 5.24. The van der Waals surface area contributed by atoms with Gasteiger partial charge in [0.1, 0.15) is 5.15 Å². The first-order chi connectivity index (χ1) is 7.69. The summed E-state index contributed by atoms with van der Waals surface area (Å²) in [5, 5.41) is 1.62. The highest BCUT2D eigenvalue weighted by Gasteiger charge is 2.05. The molecule has 0 saturated carbocycles. The van der Waals surface area contributed by atoms with Crippen LogP contribution in [-0.2, 0) is 0 Å². The van der Waals surface area contributed by atoms with Crippen LogP contribution in [0, 0.1) is 0 Å². The third kappa shape index (κ3) is 2.64. The van der Waals surface area contributed by atoms with Crippen LogP contribution in [0.4, 0.5) is 0 Å². The highest BCUT2D eigenvalue weighted by Crippen LogP contribution is 2.22. The largest absolute Gasteiger partial charge is 0.253 e. The van der Waals surface area contributed by atoms with Gasteiger partial charge in [0.05, 0.1) is 16.4 Å². The molecule has 0 aliphatic heterocycles. The fourth-order valence-corrected chi connectivity index (χ4v) is 1.87. The molecule has 2 aromatic heterocycles. The summed E-state index contributed by atoms with van der Waals surface area (Å²) in [6.07, 6.45) is 3.47. The molecule has 3 nitrogen and oxygen atoms in total. The van der Waals surface area contributed by atoms with Crippen LogP contribution in [0.15, 0.2) is 29.6 Å². The standard InChI is InChI=1S/C10H7Cl2N3S/c1-16-10-14-8(4-9(12)15-10)7-3-2-6(11)5-13-7/h2-5H,1H3. The van der Waals surface area contributed by atoms with Gasteiger partial charge in [0.25, 0.3) is 0 Å². The molecule has 0 unspecified atom stereocenters. The minimum Gasteiger partial charge on any atom is -0.253 e. The van der Waals surface area contributed by atoms with Gasteiger partial charge in [-0.2, -0.15) is 0 Å². The van der Waals surface area contributed by atoms with Crippen molar-refractivity contribution in [2.24, 2.45) is 0 Å². The normalized spacial score (nSPS) is 10.4. The summed E-state index contributed by atoms with van der Waals surface area (Å²) in [7, 11) is 0. The zero-order valence-corrected chi connectivity index (χ0v) is 10.6. The van der Waals surface area contributed by atoms with E-state index >= 15 is 0 Å². The second kappa shape index (κ2) is 4.99. The van der Waals surface area contributed by atoms with E-state index in [0.717, 1.165) is 5.69 Å². The molecule has 0 aliphatic rings. The van der Waals surface area contributed by atoms with E-state index in [1.165, 1.54) is 11.8 Å². The molecular formula is C10H7Cl2N3S. The van der Waals surface area contributed by atoms with Crippen molar-refractivity contribution in [1.29, 1.82) is 0 Å². The van der Waals surface area contributed by atoms with E-state index in [1.807, 2.05) is 6.26 Å². The van der Waals surface area contributed by atoms with Gasteiger partial charge in [-0.15, -0.1) is 0 Å². The average Bonchev–Trinajstić information content (AvgIpc) is 2.29. The number of rotatable bonds is 2. The molecule has 2 rings (SSSR count). The number of pyridine rings is 1. The molecule has 0 aliphatic carbocycles. The Morgan fingerprint density at radius 1 is 1.12 bits per heavy atom. The molecule has 0 radical (unpaired) electrons. The van der Waals surface area contributed by atoms with Gasteiger partial charge >= 0.3 is 0 Å². The molecule has 0 fully saturated rings. The Kier molecular flexibility index (Phi) is 3.63. The molecule has 16 heavy (non-hydrogen) atoms. The van der Waals surface area contributed by atoms with Crippen molar-refractivity contribution in [3.05, 3.63) is 34.6 Å². The van der Waals surface area contributed by atoms with Crippen molar-refractivity contribution in [1.82, 2.24) is 15.0 Å². The Morgan fingerprint density at radius 3 is 2.56 bits per heavy atom. The van der Waals surface area contributed by atoms with Gasteiger partial charge in [0.2, 0.25) is 0 Å². The van der Waals surface area contributed by atoms with E-state index in [4.69, 9.17) is 23.2 Å². The van der Waals surface area contributed by atoms with E-state index in [-0.39, 0.29) is 0 Å². The zero-order valence-electron chi connectivity index (χ0n) is 8.32. The van der Waals surface area contributed by atoms with Crippen LogP contribution >= 0.6 is 35.0 Å². The predicted octanol–water partition coefficient (Wildman–Crippen LogP) is 3.57. The van der Waals surface area contributed by atoms with Gasteiger partial charge in [-0.3, -0.25) is 4.98 Å². The third-order valence-corrected chi connectivity index (χ3v) is 2.81. The second-order valence-electron chi connectivity index (χ2n) is 2.92. The van der Waals surface area contributed by atoms with Gasteiger partial charge in [-0.1, -0.05) is 35.0 Å². The molecule has 0 aromatic carbocycles. The van der Waals surface area contributed by atoms with E-state index in [2.05, 4.69) is 15.0 Å². The number of halogens is 2. The predicted molar refractivity (Wildman–Crippen MR) is 67.1 cm³/mol. The molecule has 6 heteroatoms. The number of nitrogens with zero attached hydrogens (tertiary/aromatic N) is 3. The van der Waals surface area contributed by atoms with Crippen LogP contribution in [0.5, 0.6) is 0 Å². The van der Waals surface area contributed by atoms with Gasteiger partial charge in [-0.25, -0.2) is 9.97 Å². The smallest absolute Gasteiger partial charge is 0.189 e. The first-order valence-electron chi connectivity index (χ1n) is 4.39. The van der Waals surface area contributed by atoms with Crippen molar-refractivity contribution in [2.45, 2.75) is 5.16 Å². The van der Waals surface area contributed by atoms with Crippen molar-refractivity contribution in [3.8, 4) is 11.4 Å². The molecule has 0 amide bonds. The monoisotopic (exact) mass is 271 g/mol. The Morgan fingerprint density at radius 2 is 1.94 bits per heavy atom. The molecule has 82 valence electrons. The topological polar surface area (TPSA) is 38.7 Å². The second-order valence-corrected chi connectivity index (χ2v) is 4.52. The first-order valence-corrected chi connectivity index (χ1v) is 6.37. The Hall–Kier alpha value is -0.840. The number of hydrogen-bond acceptors (Lipinski definition) is 4. The van der Waals surface area contributed by atoms with Gasteiger partial charge in [0.15, 0.2) is 5.16 Å². The summed E-state index contributed by atoms with van der Waals surface area (Å²) in [5.41, 5.74) is 1.42. The van der Waals surface area contributed by atoms with E-state index in [1.54, 1.807) is 24.4 Å². The molecule has 0 N–H and O–H groups in total. The van der Waals surface area contributed by atoms with Crippen LogP contribution in [0.3, 0.4) is 0 Å². The maximum absolute atomic E-state index is 5.89. The average molecular weight is 272 g/mol. The summed E-state index contributed by atoms with van der Waals surface area (Å²) in [6.45, 7) is 0. The fraction of sp³-hybridized carbons (Fsp3) is 0.100. The van der Waals surface area contributed by atoms with Gasteiger partial charge < -0.3 is 0 Å². The molecular weight excluding hydrogens is 265 g/mol. The number of thioether (sulfide) groups is 1. The highest BCUT2D eigenvalue weighted by atomic mass is 35.5. The number of hydrogen-bond donors (Lipinski definition) is 0. The Labute approximate surface area is 107 Å². The van der Waals surface area contributed by atoms with Crippen LogP contribution in [0.2, 0.25) is 10.2 Å². The Balaban J connectivity index is 2.47. The van der Waals surface area contributed by atoms with Crippen molar-refractivity contribution >= 4 is 35.0 Å². The van der Waals surface area contributed by atoms with Crippen LogP contribution < -0.4 is 0 Å². The third-order valence-electron chi connectivity index (χ3n) is 1.85. The van der Waals surface area contributed by atoms with Crippen LogP contribution in [0.1, 0.15) is 0 Å². The molecule has 0 spiro atoms. The minimum atomic E-state index is 0.408. The lowest BCUT2D eigenvalue weighted by molar-refractivity contribution is 0.971.